The third kappa shape index (κ3) is 6.54. The molecule has 0 saturated carbocycles. The Morgan fingerprint density at radius 2 is 1.53 bits per heavy atom. The van der Waals surface area contributed by atoms with Crippen LogP contribution in [0, 0.1) is 0 Å². The van der Waals surface area contributed by atoms with E-state index in [4.69, 9.17) is 38.0 Å². The number of H-pyrrole nitrogens is 2. The van der Waals surface area contributed by atoms with Crippen molar-refractivity contribution in [2.45, 2.75) is 6.54 Å². The third-order valence-corrected chi connectivity index (χ3v) is 8.87. The van der Waals surface area contributed by atoms with Gasteiger partial charge in [0.1, 0.15) is 16.5 Å². The number of halogens is 3. The molecule has 0 atom stereocenters. The monoisotopic (exact) mass is 717 g/mol. The van der Waals surface area contributed by atoms with Crippen LogP contribution in [-0.4, -0.2) is 51.0 Å². The molecule has 0 unspecified atom stereocenters. The summed E-state index contributed by atoms with van der Waals surface area (Å²) in [6.45, 7) is 0.448. The summed E-state index contributed by atoms with van der Waals surface area (Å²) in [4.78, 5) is 5.54. The van der Waals surface area contributed by atoms with Gasteiger partial charge in [-0.2, -0.15) is 5.10 Å². The van der Waals surface area contributed by atoms with E-state index in [1.165, 1.54) is 11.3 Å². The van der Waals surface area contributed by atoms with Crippen LogP contribution < -0.4 is 9.54 Å². The van der Waals surface area contributed by atoms with E-state index in [1.54, 1.807) is 12.1 Å². The van der Waals surface area contributed by atoms with Gasteiger partial charge in [-0.15, -0.1) is 10.2 Å². The van der Waals surface area contributed by atoms with Gasteiger partial charge in [0.15, 0.2) is 11.6 Å². The Morgan fingerprint density at radius 1 is 0.800 bits per heavy atom. The molecule has 4 aromatic carbocycles. The molecule has 0 aliphatic rings. The number of rotatable bonds is 8. The molecule has 0 aliphatic heterocycles. The second kappa shape index (κ2) is 12.7. The predicted molar refractivity (Wildman–Crippen MR) is 173 cm³/mol. The Labute approximate surface area is 276 Å². The molecule has 2 N–H and O–H groups in total. The lowest BCUT2D eigenvalue weighted by Gasteiger charge is -2.08. The van der Waals surface area contributed by atoms with Crippen LogP contribution in [0.15, 0.2) is 94.4 Å². The smallest absolute Gasteiger partial charge is 0.208 e. The standard InChI is InChI=1S/C29H18BrCl2N11OS/c30-23-11-16(7-9-22(23)27-36-41-42-37-27)15-43-29(33-19-8-10-24(31)25(32)14-19)45-28(38-43)18-4-2-6-21(13-18)44-20-5-1-3-17(12-20)26-34-39-40-35-26/h1-14H,15H2,(H,34,35,39,40)(H,36,37,41,42). The second-order valence-corrected chi connectivity index (χ2v) is 12.2. The number of aromatic amines is 2. The topological polar surface area (TPSA) is 148 Å². The molecule has 7 aromatic rings. The maximum atomic E-state index is 6.29. The fraction of sp³-hybridized carbons (Fsp3) is 0.0345. The molecule has 0 saturated heterocycles. The van der Waals surface area contributed by atoms with Gasteiger partial charge in [-0.1, -0.05) is 80.8 Å². The van der Waals surface area contributed by atoms with E-state index < -0.39 is 0 Å². The lowest BCUT2D eigenvalue weighted by molar-refractivity contribution is 0.483. The first-order chi connectivity index (χ1) is 22.0. The average Bonchev–Trinajstić information content (AvgIpc) is 3.83. The minimum atomic E-state index is 0.420. The minimum absolute atomic E-state index is 0.420. The highest BCUT2D eigenvalue weighted by atomic mass is 79.9. The summed E-state index contributed by atoms with van der Waals surface area (Å²) in [6.07, 6.45) is 0. The van der Waals surface area contributed by atoms with Gasteiger partial charge in [-0.05, 0) is 81.0 Å². The van der Waals surface area contributed by atoms with Crippen molar-refractivity contribution in [3.63, 3.8) is 0 Å². The molecule has 7 rings (SSSR count). The fourth-order valence-electron chi connectivity index (χ4n) is 4.39. The Kier molecular flexibility index (Phi) is 8.17. The van der Waals surface area contributed by atoms with E-state index in [1.807, 2.05) is 77.5 Å². The number of hydrogen-bond acceptors (Lipinski definition) is 10. The zero-order valence-electron chi connectivity index (χ0n) is 22.8. The third-order valence-electron chi connectivity index (χ3n) is 6.48. The first kappa shape index (κ1) is 29.0. The summed E-state index contributed by atoms with van der Waals surface area (Å²) in [6, 6.07) is 26.4. The quantitative estimate of drug-likeness (QED) is 0.169. The van der Waals surface area contributed by atoms with Crippen molar-refractivity contribution in [2.24, 2.45) is 4.99 Å². The molecule has 0 aliphatic carbocycles. The first-order valence-electron chi connectivity index (χ1n) is 13.2. The SMILES string of the molecule is Clc1ccc(N=c2sc(-c3cccc(Oc4cccc(-c5nnn[nH]5)c4)c3)nn2Cc2ccc(-c3nnn[nH]3)c(Br)c2)cc1Cl. The summed E-state index contributed by atoms with van der Waals surface area (Å²) in [5.41, 5.74) is 4.16. The maximum absolute atomic E-state index is 6.29. The van der Waals surface area contributed by atoms with Gasteiger partial charge < -0.3 is 4.74 Å². The lowest BCUT2D eigenvalue weighted by atomic mass is 10.1. The van der Waals surface area contributed by atoms with Gasteiger partial charge in [0.25, 0.3) is 0 Å². The van der Waals surface area contributed by atoms with Gasteiger partial charge in [-0.3, -0.25) is 0 Å². The average molecular weight is 719 g/mol. The number of hydrogen-bond donors (Lipinski definition) is 2. The van der Waals surface area contributed by atoms with Crippen LogP contribution in [0.4, 0.5) is 5.69 Å². The van der Waals surface area contributed by atoms with Crippen molar-refractivity contribution in [1.82, 2.24) is 51.0 Å². The van der Waals surface area contributed by atoms with Crippen molar-refractivity contribution in [2.75, 3.05) is 0 Å². The Hall–Kier alpha value is -4.76. The number of nitrogens with zero attached hydrogens (tertiary/aromatic N) is 9. The van der Waals surface area contributed by atoms with Crippen LogP contribution >= 0.6 is 50.5 Å². The van der Waals surface area contributed by atoms with Crippen LogP contribution in [0.2, 0.25) is 10.0 Å². The summed E-state index contributed by atoms with van der Waals surface area (Å²) in [7, 11) is 0. The molecular weight excluding hydrogens is 701 g/mol. The van der Waals surface area contributed by atoms with Gasteiger partial charge in [-0.25, -0.2) is 19.9 Å². The molecule has 45 heavy (non-hydrogen) atoms. The summed E-state index contributed by atoms with van der Waals surface area (Å²) < 4.78 is 8.89. The van der Waals surface area contributed by atoms with E-state index in [-0.39, 0.29) is 0 Å². The van der Waals surface area contributed by atoms with E-state index in [0.717, 1.165) is 31.7 Å². The zero-order chi connectivity index (χ0) is 30.8. The Balaban J connectivity index is 1.23. The minimum Gasteiger partial charge on any atom is -0.457 e. The summed E-state index contributed by atoms with van der Waals surface area (Å²) in [5.74, 6) is 2.40. The molecule has 0 fully saturated rings. The molecule has 0 bridgehead atoms. The Morgan fingerprint density at radius 3 is 2.24 bits per heavy atom. The van der Waals surface area contributed by atoms with Gasteiger partial charge in [0, 0.05) is 21.2 Å². The molecule has 222 valence electrons. The van der Waals surface area contributed by atoms with Crippen molar-refractivity contribution in [3.8, 4) is 44.8 Å². The van der Waals surface area contributed by atoms with Gasteiger partial charge in [0.2, 0.25) is 4.80 Å². The zero-order valence-corrected chi connectivity index (χ0v) is 26.7. The summed E-state index contributed by atoms with van der Waals surface area (Å²) in [5, 5.41) is 34.7. The largest absolute Gasteiger partial charge is 0.457 e. The summed E-state index contributed by atoms with van der Waals surface area (Å²) >= 11 is 17.5. The normalized spacial score (nSPS) is 11.7. The molecule has 16 heteroatoms. The van der Waals surface area contributed by atoms with Crippen LogP contribution in [0.5, 0.6) is 11.5 Å². The van der Waals surface area contributed by atoms with Crippen molar-refractivity contribution in [1.29, 1.82) is 0 Å². The molecule has 3 aromatic heterocycles. The number of benzene rings is 4. The van der Waals surface area contributed by atoms with Crippen molar-refractivity contribution < 1.29 is 4.74 Å². The van der Waals surface area contributed by atoms with E-state index in [9.17, 15) is 0 Å². The molecule has 0 radical (unpaired) electrons. The van der Waals surface area contributed by atoms with E-state index in [0.29, 0.717) is 50.2 Å². The highest BCUT2D eigenvalue weighted by Crippen LogP contribution is 2.31. The van der Waals surface area contributed by atoms with Crippen LogP contribution in [0.3, 0.4) is 0 Å². The first-order valence-corrected chi connectivity index (χ1v) is 15.6. The van der Waals surface area contributed by atoms with Crippen LogP contribution in [0.25, 0.3) is 33.3 Å². The molecule has 12 nitrogen and oxygen atoms in total. The number of tetrazole rings is 2. The fourth-order valence-corrected chi connectivity index (χ4v) is 6.21. The molecule has 0 amide bonds. The number of aromatic nitrogens is 10. The van der Waals surface area contributed by atoms with Gasteiger partial charge >= 0.3 is 0 Å². The predicted octanol–water partition coefficient (Wildman–Crippen LogP) is 7.11. The van der Waals surface area contributed by atoms with Crippen molar-refractivity contribution in [3.05, 3.63) is 110 Å². The second-order valence-electron chi connectivity index (χ2n) is 9.53. The van der Waals surface area contributed by atoms with Crippen molar-refractivity contribution >= 4 is 56.2 Å². The number of ether oxygens (including phenoxy) is 1. The lowest BCUT2D eigenvalue weighted by Crippen LogP contribution is -2.17. The highest BCUT2D eigenvalue weighted by Gasteiger charge is 2.13. The molecular formula is C29H18BrCl2N11OS. The van der Waals surface area contributed by atoms with E-state index >= 15 is 0 Å². The van der Waals surface area contributed by atoms with Crippen LogP contribution in [0.1, 0.15) is 5.56 Å². The maximum Gasteiger partial charge on any atom is 0.208 e. The number of nitrogens with one attached hydrogen (secondary N) is 2. The molecule has 0 spiro atoms. The highest BCUT2D eigenvalue weighted by molar-refractivity contribution is 9.10. The van der Waals surface area contributed by atoms with Crippen LogP contribution in [-0.2, 0) is 6.54 Å². The van der Waals surface area contributed by atoms with Gasteiger partial charge in [0.05, 0.1) is 22.3 Å². The van der Waals surface area contributed by atoms with E-state index in [2.05, 4.69) is 57.2 Å². The molecule has 3 heterocycles. The Bertz CT molecular complexity index is 2180.